The van der Waals surface area contributed by atoms with Crippen molar-refractivity contribution in [1.82, 2.24) is 24.6 Å². The number of aromatic amines is 1. The molecule has 2 aromatic heterocycles. The van der Waals surface area contributed by atoms with Crippen molar-refractivity contribution < 1.29 is 5.21 Å². The third-order valence-electron chi connectivity index (χ3n) is 5.58. The summed E-state index contributed by atoms with van der Waals surface area (Å²) >= 11 is 0. The van der Waals surface area contributed by atoms with Gasteiger partial charge in [-0.3, -0.25) is 24.8 Å². The second-order valence-electron chi connectivity index (χ2n) is 8.76. The first-order valence-electron chi connectivity index (χ1n) is 11.0. The molecule has 32 heavy (non-hydrogen) atoms. The number of nitrogens with one attached hydrogen (secondary N) is 2. The van der Waals surface area contributed by atoms with E-state index in [0.717, 1.165) is 34.1 Å². The highest BCUT2D eigenvalue weighted by atomic mass is 16.5. The average molecular weight is 435 g/mol. The summed E-state index contributed by atoms with van der Waals surface area (Å²) in [6, 6.07) is 13.6. The molecule has 0 spiro atoms. The molecule has 2 heterocycles. The number of hydrogen-bond acceptors (Lipinski definition) is 4. The summed E-state index contributed by atoms with van der Waals surface area (Å²) in [6.45, 7) is 9.28. The number of aromatic nitrogens is 4. The minimum absolute atomic E-state index is 0.0496. The Bertz CT molecular complexity index is 1330. The van der Waals surface area contributed by atoms with Gasteiger partial charge in [0.25, 0.3) is 0 Å². The van der Waals surface area contributed by atoms with Crippen LogP contribution in [-0.2, 0) is 6.54 Å². The lowest BCUT2D eigenvalue weighted by molar-refractivity contribution is 0.234. The Morgan fingerprint density at radius 2 is 1.91 bits per heavy atom. The van der Waals surface area contributed by atoms with Crippen LogP contribution >= 0.6 is 0 Å². The van der Waals surface area contributed by atoms with Crippen molar-refractivity contribution in [2.45, 2.75) is 46.7 Å². The number of nitrogens with zero attached hydrogens (tertiary/aromatic N) is 4. The third-order valence-corrected chi connectivity index (χ3v) is 5.58. The van der Waals surface area contributed by atoms with Gasteiger partial charge >= 0.3 is 5.69 Å². The highest BCUT2D eigenvalue weighted by Gasteiger charge is 2.16. The molecule has 4 rings (SSSR count). The van der Waals surface area contributed by atoms with Crippen molar-refractivity contribution in [2.24, 2.45) is 10.9 Å². The van der Waals surface area contributed by atoms with E-state index in [-0.39, 0.29) is 11.7 Å². The summed E-state index contributed by atoms with van der Waals surface area (Å²) in [5.41, 5.74) is 6.36. The normalized spacial score (nSPS) is 12.5. The van der Waals surface area contributed by atoms with E-state index in [1.165, 1.54) is 0 Å². The van der Waals surface area contributed by atoms with Crippen molar-refractivity contribution >= 4 is 27.9 Å². The van der Waals surface area contributed by atoms with E-state index in [0.29, 0.717) is 30.7 Å². The summed E-state index contributed by atoms with van der Waals surface area (Å²) < 4.78 is 3.56. The van der Waals surface area contributed by atoms with Gasteiger partial charge in [0.2, 0.25) is 0 Å². The van der Waals surface area contributed by atoms with Gasteiger partial charge in [-0.05, 0) is 56.5 Å². The van der Waals surface area contributed by atoms with E-state index in [2.05, 4.69) is 34.3 Å². The van der Waals surface area contributed by atoms with E-state index in [4.69, 9.17) is 0 Å². The third kappa shape index (κ3) is 4.18. The number of amidine groups is 1. The summed E-state index contributed by atoms with van der Waals surface area (Å²) in [5, 5.41) is 9.55. The summed E-state index contributed by atoms with van der Waals surface area (Å²) in [7, 11) is 0. The van der Waals surface area contributed by atoms with Gasteiger partial charge < -0.3 is 4.98 Å². The van der Waals surface area contributed by atoms with Gasteiger partial charge in [-0.25, -0.2) is 9.78 Å². The average Bonchev–Trinajstić information content (AvgIpc) is 3.29. The Labute approximate surface area is 186 Å². The second-order valence-corrected chi connectivity index (χ2v) is 8.76. The molecule has 8 heteroatoms. The minimum Gasteiger partial charge on any atom is -0.340 e. The summed E-state index contributed by atoms with van der Waals surface area (Å²) in [5.74, 6) is 1.67. The van der Waals surface area contributed by atoms with Gasteiger partial charge in [-0.1, -0.05) is 26.0 Å². The Morgan fingerprint density at radius 3 is 2.59 bits per heavy atom. The Hall–Kier alpha value is -3.39. The maximum Gasteiger partial charge on any atom is 0.329 e. The molecular weight excluding hydrogens is 404 g/mol. The topological polar surface area (TPSA) is 100 Å². The number of aliphatic imine (C=N–C) groups is 1. The van der Waals surface area contributed by atoms with Gasteiger partial charge in [0.15, 0.2) is 5.84 Å². The van der Waals surface area contributed by atoms with E-state index in [1.807, 2.05) is 60.9 Å². The molecule has 0 aliphatic heterocycles. The predicted molar refractivity (Wildman–Crippen MR) is 128 cm³/mol. The first-order valence-corrected chi connectivity index (χ1v) is 11.0. The Balaban J connectivity index is 1.68. The predicted octanol–water partition coefficient (Wildman–Crippen LogP) is 4.08. The van der Waals surface area contributed by atoms with Crippen molar-refractivity contribution in [3.05, 3.63) is 64.3 Å². The van der Waals surface area contributed by atoms with Gasteiger partial charge in [0, 0.05) is 18.2 Å². The van der Waals surface area contributed by atoms with Gasteiger partial charge in [0.1, 0.15) is 5.82 Å². The number of H-pyrrole nitrogens is 1. The first kappa shape index (κ1) is 21.8. The lowest BCUT2D eigenvalue weighted by Gasteiger charge is -2.06. The Kier molecular flexibility index (Phi) is 6.14. The zero-order valence-electron chi connectivity index (χ0n) is 19.0. The van der Waals surface area contributed by atoms with Crippen LogP contribution in [0.25, 0.3) is 22.1 Å². The number of rotatable bonds is 7. The maximum absolute atomic E-state index is 13.1. The summed E-state index contributed by atoms with van der Waals surface area (Å²) in [4.78, 5) is 25.6. The fourth-order valence-corrected chi connectivity index (χ4v) is 3.94. The lowest BCUT2D eigenvalue weighted by atomic mass is 10.1. The van der Waals surface area contributed by atoms with Crippen LogP contribution in [0.4, 0.5) is 0 Å². The molecule has 0 amide bonds. The van der Waals surface area contributed by atoms with Crippen LogP contribution in [0.3, 0.4) is 0 Å². The molecule has 0 aliphatic carbocycles. The molecule has 0 saturated heterocycles. The number of hydrogen-bond donors (Lipinski definition) is 3. The molecule has 3 N–H and O–H groups in total. The van der Waals surface area contributed by atoms with Gasteiger partial charge in [-0.2, -0.15) is 0 Å². The zero-order valence-corrected chi connectivity index (χ0v) is 19.0. The van der Waals surface area contributed by atoms with Gasteiger partial charge in [0.05, 0.1) is 28.6 Å². The number of para-hydroxylation sites is 2. The van der Waals surface area contributed by atoms with Crippen LogP contribution in [0.1, 0.15) is 51.5 Å². The quantitative estimate of drug-likeness (QED) is 0.232. The standard InChI is InChI=1S/C24H30N6O2/c1-15(2)11-12-25-23(28-32)17-9-10-18-19(13-17)27-22(26-18)14-29-20-7-5-6-8-21(20)30(16(3)4)24(29)31/h5-10,13,15-16,32H,11-12,14H2,1-4H3,(H,25,28)(H,26,27). The van der Waals surface area contributed by atoms with E-state index >= 15 is 0 Å². The van der Waals surface area contributed by atoms with E-state index in [1.54, 1.807) is 4.57 Å². The van der Waals surface area contributed by atoms with Crippen molar-refractivity contribution in [1.29, 1.82) is 0 Å². The van der Waals surface area contributed by atoms with Crippen LogP contribution in [0.5, 0.6) is 0 Å². The molecule has 0 atom stereocenters. The SMILES string of the molecule is CC(C)CCN=C(NO)c1ccc2nc(Cn3c(=O)n(C(C)C)c4ccccc43)[nH]c2c1. The lowest BCUT2D eigenvalue weighted by Crippen LogP contribution is -2.26. The molecule has 0 bridgehead atoms. The first-order chi connectivity index (χ1) is 15.4. The smallest absolute Gasteiger partial charge is 0.329 e. The highest BCUT2D eigenvalue weighted by molar-refractivity contribution is 6.00. The van der Waals surface area contributed by atoms with Crippen LogP contribution < -0.4 is 11.2 Å². The largest absolute Gasteiger partial charge is 0.340 e. The minimum atomic E-state index is -0.0496. The molecule has 168 valence electrons. The number of hydroxylamine groups is 1. The molecule has 0 aliphatic rings. The number of imidazole rings is 2. The second kappa shape index (κ2) is 9.00. The van der Waals surface area contributed by atoms with Crippen molar-refractivity contribution in [2.75, 3.05) is 6.54 Å². The van der Waals surface area contributed by atoms with Crippen LogP contribution in [-0.4, -0.2) is 36.7 Å². The molecule has 0 saturated carbocycles. The number of benzene rings is 2. The molecule has 8 nitrogen and oxygen atoms in total. The number of fused-ring (bicyclic) bond motifs is 2. The molecule has 0 fully saturated rings. The molecular formula is C24H30N6O2. The van der Waals surface area contributed by atoms with E-state index in [9.17, 15) is 10.0 Å². The van der Waals surface area contributed by atoms with Gasteiger partial charge in [-0.15, -0.1) is 0 Å². The molecule has 2 aromatic carbocycles. The maximum atomic E-state index is 13.1. The fourth-order valence-electron chi connectivity index (χ4n) is 3.94. The molecule has 0 radical (unpaired) electrons. The zero-order chi connectivity index (χ0) is 22.8. The monoisotopic (exact) mass is 434 g/mol. The molecule has 4 aromatic rings. The Morgan fingerprint density at radius 1 is 1.16 bits per heavy atom. The fraction of sp³-hybridized carbons (Fsp3) is 0.375. The van der Waals surface area contributed by atoms with Crippen LogP contribution in [0.15, 0.2) is 52.3 Å². The molecule has 0 unspecified atom stereocenters. The van der Waals surface area contributed by atoms with E-state index < -0.39 is 0 Å². The van der Waals surface area contributed by atoms with Crippen molar-refractivity contribution in [3.8, 4) is 0 Å². The highest BCUT2D eigenvalue weighted by Crippen LogP contribution is 2.19. The summed E-state index contributed by atoms with van der Waals surface area (Å²) in [6.07, 6.45) is 0.945. The van der Waals surface area contributed by atoms with Crippen LogP contribution in [0, 0.1) is 5.92 Å². The van der Waals surface area contributed by atoms with Crippen molar-refractivity contribution in [3.63, 3.8) is 0 Å². The van der Waals surface area contributed by atoms with Crippen LogP contribution in [0.2, 0.25) is 0 Å².